The van der Waals surface area contributed by atoms with Crippen molar-refractivity contribution in [3.8, 4) is 0 Å². The fraction of sp³-hybridized carbons (Fsp3) is 0.167. The molecule has 1 amide bonds. The first-order chi connectivity index (χ1) is 4.22. The van der Waals surface area contributed by atoms with Gasteiger partial charge in [-0.15, -0.1) is 11.3 Å². The van der Waals surface area contributed by atoms with Gasteiger partial charge in [-0.3, -0.25) is 4.79 Å². The zero-order valence-electron chi connectivity index (χ0n) is 4.97. The Bertz CT molecular complexity index is 229. The maximum absolute atomic E-state index is 10.5. The molecule has 0 fully saturated rings. The third kappa shape index (κ3) is 1.10. The molecule has 47 valence electrons. The summed E-state index contributed by atoms with van der Waals surface area (Å²) < 4.78 is 0. The Morgan fingerprint density at radius 3 is 2.78 bits per heavy atom. The molecule has 1 radical (unpaired) electrons. The van der Waals surface area contributed by atoms with Gasteiger partial charge in [0.15, 0.2) is 0 Å². The highest BCUT2D eigenvalue weighted by Gasteiger charge is 2.03. The van der Waals surface area contributed by atoms with E-state index in [4.69, 9.17) is 5.73 Å². The molecule has 1 heterocycles. The van der Waals surface area contributed by atoms with Gasteiger partial charge >= 0.3 is 0 Å². The van der Waals surface area contributed by atoms with Gasteiger partial charge in [-0.05, 0) is 17.9 Å². The van der Waals surface area contributed by atoms with Crippen molar-refractivity contribution in [3.63, 3.8) is 0 Å². The molecule has 0 saturated heterocycles. The normalized spacial score (nSPS) is 9.44. The van der Waals surface area contributed by atoms with Crippen LogP contribution in [-0.2, 0) is 0 Å². The number of hydrogen-bond acceptors (Lipinski definition) is 2. The summed E-state index contributed by atoms with van der Waals surface area (Å²) in [7, 11) is 0. The van der Waals surface area contributed by atoms with Crippen LogP contribution in [0.3, 0.4) is 0 Å². The van der Waals surface area contributed by atoms with Crippen molar-refractivity contribution in [2.45, 2.75) is 6.92 Å². The second-order valence-corrected chi connectivity index (χ2v) is 2.44. The van der Waals surface area contributed by atoms with Crippen LogP contribution in [-0.4, -0.2) is 5.91 Å². The molecule has 0 saturated carbocycles. The predicted octanol–water partition coefficient (Wildman–Crippen LogP) is 0.956. The molecule has 2 N–H and O–H groups in total. The first-order valence-electron chi connectivity index (χ1n) is 2.47. The largest absolute Gasteiger partial charge is 0.366 e. The molecule has 0 atom stereocenters. The number of nitrogens with two attached hydrogens (primary N) is 1. The molecule has 1 aromatic rings. The molecule has 2 nitrogen and oxygen atoms in total. The van der Waals surface area contributed by atoms with E-state index in [0.29, 0.717) is 5.56 Å². The number of carbonyl (C=O) groups excluding carboxylic acids is 1. The van der Waals surface area contributed by atoms with Crippen LogP contribution in [0.15, 0.2) is 5.38 Å². The minimum atomic E-state index is -0.395. The zero-order chi connectivity index (χ0) is 6.85. The van der Waals surface area contributed by atoms with Crippen molar-refractivity contribution in [1.29, 1.82) is 0 Å². The van der Waals surface area contributed by atoms with Crippen LogP contribution in [0.5, 0.6) is 0 Å². The molecule has 0 bridgehead atoms. The standard InChI is InChI=1S/C6H6NOS/c1-4-2-9-3-5(4)6(7)8/h2H,1H3,(H2,7,8). The fourth-order valence-corrected chi connectivity index (χ4v) is 1.29. The van der Waals surface area contributed by atoms with E-state index in [0.717, 1.165) is 5.56 Å². The fourth-order valence-electron chi connectivity index (χ4n) is 0.561. The van der Waals surface area contributed by atoms with Crippen LogP contribution < -0.4 is 5.73 Å². The molecule has 0 aromatic carbocycles. The SMILES string of the molecule is Cc1cs[c]c1C(N)=O. The van der Waals surface area contributed by atoms with Gasteiger partial charge in [0.25, 0.3) is 0 Å². The maximum atomic E-state index is 10.5. The molecule has 1 rings (SSSR count). The highest BCUT2D eigenvalue weighted by atomic mass is 32.1. The quantitative estimate of drug-likeness (QED) is 0.620. The number of primary amides is 1. The van der Waals surface area contributed by atoms with Crippen molar-refractivity contribution in [2.24, 2.45) is 5.73 Å². The van der Waals surface area contributed by atoms with Gasteiger partial charge in [-0.1, -0.05) is 0 Å². The van der Waals surface area contributed by atoms with Gasteiger partial charge in [-0.2, -0.15) is 0 Å². The Labute approximate surface area is 57.3 Å². The summed E-state index contributed by atoms with van der Waals surface area (Å²) in [6.07, 6.45) is 0. The molecule has 1 aromatic heterocycles. The van der Waals surface area contributed by atoms with Crippen LogP contribution in [0.1, 0.15) is 15.9 Å². The van der Waals surface area contributed by atoms with Crippen LogP contribution >= 0.6 is 11.3 Å². The van der Waals surface area contributed by atoms with Crippen LogP contribution in [0.4, 0.5) is 0 Å². The summed E-state index contributed by atoms with van der Waals surface area (Å²) >= 11 is 1.37. The average molecular weight is 140 g/mol. The van der Waals surface area contributed by atoms with Crippen molar-refractivity contribution in [3.05, 3.63) is 21.9 Å². The van der Waals surface area contributed by atoms with E-state index in [-0.39, 0.29) is 0 Å². The van der Waals surface area contributed by atoms with E-state index in [1.54, 1.807) is 0 Å². The monoisotopic (exact) mass is 140 g/mol. The minimum Gasteiger partial charge on any atom is -0.366 e. The number of rotatable bonds is 1. The number of thiophene rings is 1. The highest BCUT2D eigenvalue weighted by molar-refractivity contribution is 7.07. The smallest absolute Gasteiger partial charge is 0.250 e. The Hall–Kier alpha value is -0.830. The Kier molecular flexibility index (Phi) is 1.53. The topological polar surface area (TPSA) is 43.1 Å². The van der Waals surface area contributed by atoms with Crippen molar-refractivity contribution in [1.82, 2.24) is 0 Å². The van der Waals surface area contributed by atoms with E-state index in [1.165, 1.54) is 11.3 Å². The zero-order valence-corrected chi connectivity index (χ0v) is 5.79. The van der Waals surface area contributed by atoms with Gasteiger partial charge in [-0.25, -0.2) is 0 Å². The number of hydrogen-bond donors (Lipinski definition) is 1. The van der Waals surface area contributed by atoms with Crippen molar-refractivity contribution < 1.29 is 4.79 Å². The summed E-state index contributed by atoms with van der Waals surface area (Å²) in [5.74, 6) is -0.395. The van der Waals surface area contributed by atoms with E-state index >= 15 is 0 Å². The van der Waals surface area contributed by atoms with Crippen LogP contribution in [0.25, 0.3) is 0 Å². The minimum absolute atomic E-state index is 0.395. The van der Waals surface area contributed by atoms with Crippen LogP contribution in [0, 0.1) is 12.3 Å². The van der Waals surface area contributed by atoms with Gasteiger partial charge in [0.1, 0.15) is 0 Å². The summed E-state index contributed by atoms with van der Waals surface area (Å²) in [6.45, 7) is 1.84. The second kappa shape index (κ2) is 2.19. The molecule has 0 aliphatic heterocycles. The van der Waals surface area contributed by atoms with E-state index < -0.39 is 5.91 Å². The molecule has 3 heteroatoms. The molecule has 0 unspecified atom stereocenters. The summed E-state index contributed by atoms with van der Waals surface area (Å²) in [4.78, 5) is 10.5. The van der Waals surface area contributed by atoms with Gasteiger partial charge < -0.3 is 5.73 Å². The van der Waals surface area contributed by atoms with Gasteiger partial charge in [0.05, 0.1) is 10.9 Å². The molecular weight excluding hydrogens is 134 g/mol. The highest BCUT2D eigenvalue weighted by Crippen LogP contribution is 2.10. The third-order valence-electron chi connectivity index (χ3n) is 1.04. The molecule has 0 aliphatic carbocycles. The Balaban J connectivity index is 3.08. The molecule has 9 heavy (non-hydrogen) atoms. The van der Waals surface area contributed by atoms with E-state index in [9.17, 15) is 4.79 Å². The summed E-state index contributed by atoms with van der Waals surface area (Å²) in [5, 5.41) is 4.62. The second-order valence-electron chi connectivity index (χ2n) is 1.76. The number of amides is 1. The predicted molar refractivity (Wildman–Crippen MR) is 36.4 cm³/mol. The summed E-state index contributed by atoms with van der Waals surface area (Å²) in [6, 6.07) is 0. The average Bonchev–Trinajstić information content (AvgIpc) is 2.13. The lowest BCUT2D eigenvalue weighted by Gasteiger charge is -1.87. The van der Waals surface area contributed by atoms with Crippen LogP contribution in [0.2, 0.25) is 0 Å². The van der Waals surface area contributed by atoms with E-state index in [1.807, 2.05) is 12.3 Å². The molecule has 0 aliphatic rings. The summed E-state index contributed by atoms with van der Waals surface area (Å²) in [5.41, 5.74) is 6.42. The Morgan fingerprint density at radius 2 is 2.56 bits per heavy atom. The first-order valence-corrected chi connectivity index (χ1v) is 3.35. The van der Waals surface area contributed by atoms with Gasteiger partial charge in [0, 0.05) is 0 Å². The number of aryl methyl sites for hydroxylation is 1. The maximum Gasteiger partial charge on any atom is 0.250 e. The molecule has 0 spiro atoms. The molecular formula is C6H6NOS. The van der Waals surface area contributed by atoms with E-state index in [2.05, 4.69) is 5.38 Å². The lowest BCUT2D eigenvalue weighted by molar-refractivity contribution is 0.1000. The lowest BCUT2D eigenvalue weighted by Crippen LogP contribution is -2.10. The first kappa shape index (κ1) is 6.29. The Morgan fingerprint density at radius 1 is 1.89 bits per heavy atom. The third-order valence-corrected chi connectivity index (χ3v) is 1.83. The number of carbonyl (C=O) groups is 1. The van der Waals surface area contributed by atoms with Crippen molar-refractivity contribution >= 4 is 17.2 Å². The lowest BCUT2D eigenvalue weighted by atomic mass is 10.2. The van der Waals surface area contributed by atoms with Crippen molar-refractivity contribution in [2.75, 3.05) is 0 Å². The van der Waals surface area contributed by atoms with Gasteiger partial charge in [0.2, 0.25) is 5.91 Å².